The Kier molecular flexibility index (Phi) is 1.82. The van der Waals surface area contributed by atoms with Gasteiger partial charge >= 0.3 is 0 Å². The predicted molar refractivity (Wildman–Crippen MR) is 101 cm³/mol. The maximum absolute atomic E-state index is 6.10. The van der Waals surface area contributed by atoms with Crippen LogP contribution in [-0.4, -0.2) is 29.9 Å². The van der Waals surface area contributed by atoms with Gasteiger partial charge in [-0.25, -0.2) is 5.84 Å². The Labute approximate surface area is 137 Å². The number of fused-ring (bicyclic) bond motifs is 9. The van der Waals surface area contributed by atoms with E-state index in [4.69, 9.17) is 23.0 Å². The maximum atomic E-state index is 6.10. The summed E-state index contributed by atoms with van der Waals surface area (Å²) < 4.78 is 0. The van der Waals surface area contributed by atoms with Crippen LogP contribution in [0.25, 0.3) is 55.2 Å². The molecule has 0 aromatic carbocycles. The molecule has 15 N–H and O–H groups in total. The van der Waals surface area contributed by atoms with E-state index in [2.05, 4.69) is 35.3 Å². The molecule has 6 aromatic rings. The van der Waals surface area contributed by atoms with E-state index in [9.17, 15) is 0 Å². The number of anilines is 4. The minimum Gasteiger partial charge on any atom is -0.394 e. The van der Waals surface area contributed by atoms with Gasteiger partial charge in [0.15, 0.2) is 0 Å². The van der Waals surface area contributed by atoms with E-state index in [0.29, 0.717) is 23.0 Å². The van der Waals surface area contributed by atoms with Crippen molar-refractivity contribution in [3.63, 3.8) is 0 Å². The van der Waals surface area contributed by atoms with Crippen molar-refractivity contribution in [3.8, 4) is 0 Å². The number of nitrogens with one attached hydrogen (secondary N) is 7. The highest BCUT2D eigenvalue weighted by atomic mass is 15.3. The standard InChI is InChI=1S/C14H15N11/c15-1-3-5(23-13(1)17)7-9(19-3)11-12(21-7)10-8(22-11)6-4(20-10)2(16)14(24-6)25-18/h19-25H,15-18H2. The molecule has 0 amide bonds. The molecular weight excluding hydrogens is 322 g/mol. The fraction of sp³-hybridized carbons (Fsp3) is 0. The molecule has 0 aliphatic heterocycles. The van der Waals surface area contributed by atoms with Gasteiger partial charge in [0.2, 0.25) is 0 Å². The molecule has 11 nitrogen and oxygen atoms in total. The van der Waals surface area contributed by atoms with Gasteiger partial charge in [-0.1, -0.05) is 0 Å². The average Bonchev–Trinajstić information content (AvgIpc) is 3.35. The molecule has 126 valence electrons. The van der Waals surface area contributed by atoms with Crippen LogP contribution < -0.4 is 28.5 Å². The van der Waals surface area contributed by atoms with Crippen LogP contribution in [0.2, 0.25) is 0 Å². The first kappa shape index (κ1) is 12.5. The third-order valence-corrected chi connectivity index (χ3v) is 5.00. The van der Waals surface area contributed by atoms with Crippen molar-refractivity contribution in [1.82, 2.24) is 29.9 Å². The summed E-state index contributed by atoms with van der Waals surface area (Å²) >= 11 is 0. The summed E-state index contributed by atoms with van der Waals surface area (Å²) in [6.45, 7) is 0. The minimum absolute atomic E-state index is 0.453. The van der Waals surface area contributed by atoms with E-state index in [0.717, 1.165) is 55.2 Å². The molecule has 0 fully saturated rings. The predicted octanol–water partition coefficient (Wildman–Crippen LogP) is 1.45. The second-order valence-corrected chi connectivity index (χ2v) is 6.26. The molecule has 0 spiro atoms. The number of hydrogen-bond donors (Lipinski definition) is 11. The lowest BCUT2D eigenvalue weighted by Crippen LogP contribution is -2.08. The summed E-state index contributed by atoms with van der Waals surface area (Å²) in [4.78, 5) is 19.9. The zero-order chi connectivity index (χ0) is 17.0. The minimum atomic E-state index is 0.453. The lowest BCUT2D eigenvalue weighted by molar-refractivity contribution is 1.29. The van der Waals surface area contributed by atoms with E-state index >= 15 is 0 Å². The maximum Gasteiger partial charge on any atom is 0.143 e. The fourth-order valence-corrected chi connectivity index (χ4v) is 3.80. The zero-order valence-corrected chi connectivity index (χ0v) is 12.8. The smallest absolute Gasteiger partial charge is 0.143 e. The third-order valence-electron chi connectivity index (χ3n) is 5.00. The normalized spacial score (nSPS) is 12.7. The molecule has 11 heteroatoms. The summed E-state index contributed by atoms with van der Waals surface area (Å²) in [6.07, 6.45) is 0. The first-order valence-electron chi connectivity index (χ1n) is 7.65. The van der Waals surface area contributed by atoms with Crippen LogP contribution >= 0.6 is 0 Å². The molecule has 0 bridgehead atoms. The SMILES string of the molecule is NNc1[nH]c2c([nH]c3c2[nH]c2c4[nH]c5c(N)c(N)[nH]c5c4[nH]c32)c1N. The number of hydrazine groups is 1. The summed E-state index contributed by atoms with van der Waals surface area (Å²) in [5, 5.41) is 0. The Morgan fingerprint density at radius 3 is 1.40 bits per heavy atom. The fourth-order valence-electron chi connectivity index (χ4n) is 3.80. The summed E-state index contributed by atoms with van der Waals surface area (Å²) in [5.41, 5.74) is 30.5. The van der Waals surface area contributed by atoms with Gasteiger partial charge in [-0.15, -0.1) is 0 Å². The zero-order valence-electron chi connectivity index (χ0n) is 12.8. The van der Waals surface area contributed by atoms with Gasteiger partial charge in [-0.2, -0.15) is 0 Å². The first-order chi connectivity index (χ1) is 12.1. The van der Waals surface area contributed by atoms with Crippen LogP contribution in [-0.2, 0) is 0 Å². The van der Waals surface area contributed by atoms with Gasteiger partial charge in [0, 0.05) is 0 Å². The lowest BCUT2D eigenvalue weighted by Gasteiger charge is -1.95. The van der Waals surface area contributed by atoms with Crippen LogP contribution in [0.4, 0.5) is 23.0 Å². The lowest BCUT2D eigenvalue weighted by atomic mass is 10.4. The number of hydrogen-bond acceptors (Lipinski definition) is 5. The number of aromatic amines is 6. The summed E-state index contributed by atoms with van der Waals surface area (Å²) in [7, 11) is 0. The molecule has 25 heavy (non-hydrogen) atoms. The van der Waals surface area contributed by atoms with E-state index in [1.165, 1.54) is 0 Å². The van der Waals surface area contributed by atoms with Crippen molar-refractivity contribution >= 4 is 78.2 Å². The summed E-state index contributed by atoms with van der Waals surface area (Å²) in [5.74, 6) is 6.51. The van der Waals surface area contributed by atoms with Gasteiger partial charge in [0.05, 0.1) is 66.5 Å². The van der Waals surface area contributed by atoms with Gasteiger partial charge in [-0.05, 0) is 0 Å². The first-order valence-corrected chi connectivity index (χ1v) is 7.65. The Morgan fingerprint density at radius 2 is 0.880 bits per heavy atom. The third kappa shape index (κ3) is 1.21. The Hall–Kier alpha value is -3.86. The van der Waals surface area contributed by atoms with Crippen LogP contribution in [0.1, 0.15) is 0 Å². The molecule has 0 unspecified atom stereocenters. The van der Waals surface area contributed by atoms with Crippen molar-refractivity contribution in [1.29, 1.82) is 0 Å². The topological polar surface area (TPSA) is 211 Å². The molecule has 0 aliphatic carbocycles. The molecule has 0 aliphatic rings. The van der Waals surface area contributed by atoms with Crippen molar-refractivity contribution in [2.24, 2.45) is 5.84 Å². The van der Waals surface area contributed by atoms with Crippen molar-refractivity contribution in [2.45, 2.75) is 0 Å². The van der Waals surface area contributed by atoms with Crippen LogP contribution in [0.5, 0.6) is 0 Å². The Morgan fingerprint density at radius 1 is 0.480 bits per heavy atom. The molecule has 6 rings (SSSR count). The van der Waals surface area contributed by atoms with E-state index in [-0.39, 0.29) is 0 Å². The molecule has 6 heterocycles. The Bertz CT molecular complexity index is 1460. The summed E-state index contributed by atoms with van der Waals surface area (Å²) in [6, 6.07) is 0. The van der Waals surface area contributed by atoms with E-state index in [1.807, 2.05) is 0 Å². The van der Waals surface area contributed by atoms with Crippen LogP contribution in [0, 0.1) is 0 Å². The molecule has 0 saturated heterocycles. The number of aromatic nitrogens is 6. The largest absolute Gasteiger partial charge is 0.394 e. The van der Waals surface area contributed by atoms with E-state index < -0.39 is 0 Å². The number of nitrogens with two attached hydrogens (primary N) is 4. The average molecular weight is 337 g/mol. The number of H-pyrrole nitrogens is 6. The van der Waals surface area contributed by atoms with Gasteiger partial charge < -0.3 is 52.5 Å². The highest BCUT2D eigenvalue weighted by molar-refractivity contribution is 6.26. The van der Waals surface area contributed by atoms with Crippen molar-refractivity contribution < 1.29 is 0 Å². The molecule has 6 aromatic heterocycles. The van der Waals surface area contributed by atoms with Crippen LogP contribution in [0.15, 0.2) is 0 Å². The van der Waals surface area contributed by atoms with Crippen molar-refractivity contribution in [2.75, 3.05) is 22.6 Å². The second kappa shape index (κ2) is 3.62. The molecule has 0 radical (unpaired) electrons. The monoisotopic (exact) mass is 337 g/mol. The highest BCUT2D eigenvalue weighted by Gasteiger charge is 2.22. The second-order valence-electron chi connectivity index (χ2n) is 6.26. The highest BCUT2D eigenvalue weighted by Crippen LogP contribution is 2.40. The number of nitrogen functional groups attached to an aromatic ring is 4. The van der Waals surface area contributed by atoms with Crippen molar-refractivity contribution in [3.05, 3.63) is 0 Å². The van der Waals surface area contributed by atoms with Crippen LogP contribution in [0.3, 0.4) is 0 Å². The van der Waals surface area contributed by atoms with Gasteiger partial charge in [0.1, 0.15) is 11.6 Å². The Balaban J connectivity index is 1.77. The quantitative estimate of drug-likeness (QED) is 0.158. The van der Waals surface area contributed by atoms with Gasteiger partial charge in [-0.3, -0.25) is 0 Å². The van der Waals surface area contributed by atoms with Gasteiger partial charge in [0.25, 0.3) is 0 Å². The van der Waals surface area contributed by atoms with E-state index in [1.54, 1.807) is 0 Å². The molecular formula is C14H15N11. The number of rotatable bonds is 1. The molecule has 0 saturated carbocycles. The molecule has 0 atom stereocenters.